The molecule has 2 atom stereocenters. The first-order valence-electron chi connectivity index (χ1n) is 7.89. The first kappa shape index (κ1) is 16.6. The van der Waals surface area contributed by atoms with Crippen LogP contribution in [0.2, 0.25) is 0 Å². The van der Waals surface area contributed by atoms with E-state index < -0.39 is 6.10 Å². The predicted molar refractivity (Wildman–Crippen MR) is 88.4 cm³/mol. The van der Waals surface area contributed by atoms with Crippen LogP contribution in [0.15, 0.2) is 36.0 Å². The Balaban J connectivity index is 1.36. The molecule has 1 saturated heterocycles. The molecule has 0 aliphatic carbocycles. The summed E-state index contributed by atoms with van der Waals surface area (Å²) in [6.45, 7) is 4.63. The summed E-state index contributed by atoms with van der Waals surface area (Å²) in [5.74, 6) is 0. The molecular weight excluding hydrogens is 314 g/mol. The average molecular weight is 337 g/mol. The molecule has 0 aromatic carbocycles. The average Bonchev–Trinajstić information content (AvgIpc) is 3.21. The highest BCUT2D eigenvalue weighted by atomic mass is 32.1. The third kappa shape index (κ3) is 5.40. The van der Waals surface area contributed by atoms with Crippen LogP contribution >= 0.6 is 11.3 Å². The van der Waals surface area contributed by atoms with Gasteiger partial charge in [-0.15, -0.1) is 11.3 Å². The second-order valence-corrected chi connectivity index (χ2v) is 6.76. The van der Waals surface area contributed by atoms with E-state index in [4.69, 9.17) is 9.47 Å². The van der Waals surface area contributed by atoms with Gasteiger partial charge in [0.15, 0.2) is 0 Å². The van der Waals surface area contributed by atoms with Gasteiger partial charge in [-0.05, 0) is 17.5 Å². The quantitative estimate of drug-likeness (QED) is 0.785. The SMILES string of the molecule is O[C@H](COCc1cccs1)CN1CCO[C@@H](Cn2cccn2)C1. The second kappa shape index (κ2) is 8.56. The van der Waals surface area contributed by atoms with Crippen molar-refractivity contribution in [2.24, 2.45) is 0 Å². The van der Waals surface area contributed by atoms with Crippen LogP contribution in [0.5, 0.6) is 0 Å². The van der Waals surface area contributed by atoms with E-state index in [0.717, 1.165) is 19.6 Å². The molecule has 0 amide bonds. The molecule has 126 valence electrons. The number of aliphatic hydroxyl groups is 1. The van der Waals surface area contributed by atoms with Gasteiger partial charge in [-0.3, -0.25) is 9.58 Å². The van der Waals surface area contributed by atoms with E-state index in [1.807, 2.05) is 34.5 Å². The van der Waals surface area contributed by atoms with Crippen molar-refractivity contribution in [3.8, 4) is 0 Å². The molecule has 3 rings (SSSR count). The van der Waals surface area contributed by atoms with E-state index in [0.29, 0.717) is 26.4 Å². The molecule has 23 heavy (non-hydrogen) atoms. The topological polar surface area (TPSA) is 59.8 Å². The van der Waals surface area contributed by atoms with E-state index in [9.17, 15) is 5.11 Å². The van der Waals surface area contributed by atoms with Crippen molar-refractivity contribution in [2.45, 2.75) is 25.4 Å². The zero-order chi connectivity index (χ0) is 15.9. The van der Waals surface area contributed by atoms with Crippen molar-refractivity contribution >= 4 is 11.3 Å². The highest BCUT2D eigenvalue weighted by Crippen LogP contribution is 2.11. The first-order valence-corrected chi connectivity index (χ1v) is 8.77. The fourth-order valence-corrected chi connectivity index (χ4v) is 3.36. The van der Waals surface area contributed by atoms with Crippen LogP contribution in [0.4, 0.5) is 0 Å². The number of aromatic nitrogens is 2. The molecule has 3 heterocycles. The number of hydrogen-bond acceptors (Lipinski definition) is 6. The van der Waals surface area contributed by atoms with Crippen LogP contribution in [0.1, 0.15) is 4.88 Å². The molecule has 1 aliphatic heterocycles. The Hall–Kier alpha value is -1.25. The van der Waals surface area contributed by atoms with Gasteiger partial charge in [-0.1, -0.05) is 6.07 Å². The van der Waals surface area contributed by atoms with Crippen molar-refractivity contribution in [1.82, 2.24) is 14.7 Å². The molecule has 0 saturated carbocycles. The van der Waals surface area contributed by atoms with E-state index in [-0.39, 0.29) is 6.10 Å². The minimum absolute atomic E-state index is 0.114. The number of hydrogen-bond donors (Lipinski definition) is 1. The standard InChI is InChI=1S/C16H23N3O3S/c20-14(12-21-13-16-3-1-8-23-16)9-18-6-7-22-15(10-18)11-19-5-2-4-17-19/h1-5,8,14-15,20H,6-7,9-13H2/t14-,15+/m0/s1. The molecule has 0 spiro atoms. The molecule has 0 radical (unpaired) electrons. The fraction of sp³-hybridized carbons (Fsp3) is 0.562. The predicted octanol–water partition coefficient (Wildman–Crippen LogP) is 1.22. The maximum absolute atomic E-state index is 10.2. The van der Waals surface area contributed by atoms with E-state index >= 15 is 0 Å². The zero-order valence-electron chi connectivity index (χ0n) is 13.1. The molecule has 1 N–H and O–H groups in total. The number of ether oxygens (including phenoxy) is 2. The van der Waals surface area contributed by atoms with Crippen LogP contribution < -0.4 is 0 Å². The van der Waals surface area contributed by atoms with E-state index in [1.165, 1.54) is 4.88 Å². The van der Waals surface area contributed by atoms with Gasteiger partial charge in [0.1, 0.15) is 0 Å². The van der Waals surface area contributed by atoms with Crippen molar-refractivity contribution in [3.05, 3.63) is 40.8 Å². The lowest BCUT2D eigenvalue weighted by Gasteiger charge is -2.33. The molecule has 7 heteroatoms. The van der Waals surface area contributed by atoms with Crippen molar-refractivity contribution in [2.75, 3.05) is 32.8 Å². The minimum atomic E-state index is -0.474. The van der Waals surface area contributed by atoms with Gasteiger partial charge < -0.3 is 14.6 Å². The van der Waals surface area contributed by atoms with Gasteiger partial charge in [-0.25, -0.2) is 0 Å². The van der Waals surface area contributed by atoms with E-state index in [1.54, 1.807) is 17.5 Å². The summed E-state index contributed by atoms with van der Waals surface area (Å²) in [4.78, 5) is 3.42. The zero-order valence-corrected chi connectivity index (χ0v) is 13.9. The third-order valence-corrected chi connectivity index (χ3v) is 4.63. The third-order valence-electron chi connectivity index (χ3n) is 3.78. The van der Waals surface area contributed by atoms with Gasteiger partial charge in [0.25, 0.3) is 0 Å². The number of thiophene rings is 1. The van der Waals surface area contributed by atoms with Crippen molar-refractivity contribution in [1.29, 1.82) is 0 Å². The summed E-state index contributed by atoms with van der Waals surface area (Å²) in [6, 6.07) is 5.96. The van der Waals surface area contributed by atoms with Crippen LogP contribution in [0.3, 0.4) is 0 Å². The summed E-state index contributed by atoms with van der Waals surface area (Å²) < 4.78 is 13.2. The van der Waals surface area contributed by atoms with Gasteiger partial charge in [0, 0.05) is 36.9 Å². The Labute approximate surface area is 140 Å². The van der Waals surface area contributed by atoms with Gasteiger partial charge in [0.2, 0.25) is 0 Å². The Bertz CT molecular complexity index is 547. The summed E-state index contributed by atoms with van der Waals surface area (Å²) in [7, 11) is 0. The summed E-state index contributed by atoms with van der Waals surface area (Å²) >= 11 is 1.67. The Kier molecular flexibility index (Phi) is 6.18. The lowest BCUT2D eigenvalue weighted by Crippen LogP contribution is -2.47. The van der Waals surface area contributed by atoms with Crippen LogP contribution in [-0.4, -0.2) is 64.8 Å². The van der Waals surface area contributed by atoms with E-state index in [2.05, 4.69) is 10.00 Å². The summed E-state index contributed by atoms with van der Waals surface area (Å²) in [6.07, 6.45) is 3.35. The number of nitrogens with zero attached hydrogens (tertiary/aromatic N) is 3. The fourth-order valence-electron chi connectivity index (χ4n) is 2.71. The molecule has 0 unspecified atom stereocenters. The highest BCUT2D eigenvalue weighted by molar-refractivity contribution is 7.09. The number of rotatable bonds is 8. The Morgan fingerprint density at radius 1 is 1.48 bits per heavy atom. The van der Waals surface area contributed by atoms with Gasteiger partial charge in [-0.2, -0.15) is 5.10 Å². The lowest BCUT2D eigenvalue weighted by molar-refractivity contribution is -0.0582. The maximum atomic E-state index is 10.2. The first-order chi connectivity index (χ1) is 11.3. The van der Waals surface area contributed by atoms with Crippen molar-refractivity contribution < 1.29 is 14.6 Å². The van der Waals surface area contributed by atoms with Crippen LogP contribution in [0, 0.1) is 0 Å². The van der Waals surface area contributed by atoms with Gasteiger partial charge >= 0.3 is 0 Å². The lowest BCUT2D eigenvalue weighted by atomic mass is 10.2. The maximum Gasteiger partial charge on any atom is 0.0900 e. The molecular formula is C16H23N3O3S. The second-order valence-electron chi connectivity index (χ2n) is 5.73. The monoisotopic (exact) mass is 337 g/mol. The van der Waals surface area contributed by atoms with Crippen molar-refractivity contribution in [3.63, 3.8) is 0 Å². The number of β-amino-alcohol motifs (C(OH)–C–C–N with tert-alkyl or cyclic N) is 1. The summed E-state index contributed by atoms with van der Waals surface area (Å²) in [5.41, 5.74) is 0. The molecule has 1 aliphatic rings. The minimum Gasteiger partial charge on any atom is -0.389 e. The largest absolute Gasteiger partial charge is 0.389 e. The smallest absolute Gasteiger partial charge is 0.0900 e. The Morgan fingerprint density at radius 3 is 3.22 bits per heavy atom. The normalized spacial score (nSPS) is 20.7. The van der Waals surface area contributed by atoms with Crippen LogP contribution in [0.25, 0.3) is 0 Å². The number of morpholine rings is 1. The van der Waals surface area contributed by atoms with Gasteiger partial charge in [0.05, 0.1) is 38.6 Å². The molecule has 6 nitrogen and oxygen atoms in total. The summed E-state index contributed by atoms with van der Waals surface area (Å²) in [5, 5.41) is 16.4. The molecule has 1 fully saturated rings. The van der Waals surface area contributed by atoms with Crippen LogP contribution in [-0.2, 0) is 22.6 Å². The molecule has 2 aromatic heterocycles. The molecule has 0 bridgehead atoms. The molecule has 2 aromatic rings. The highest BCUT2D eigenvalue weighted by Gasteiger charge is 2.22. The number of aliphatic hydroxyl groups excluding tert-OH is 1. The Morgan fingerprint density at radius 2 is 2.43 bits per heavy atom.